The number of nitrogens with one attached hydrogen (secondary N) is 1. The van der Waals surface area contributed by atoms with Crippen molar-refractivity contribution >= 4 is 28.4 Å². The summed E-state index contributed by atoms with van der Waals surface area (Å²) in [6, 6.07) is 23.5. The second-order valence-electron chi connectivity index (χ2n) is 14.6. The third-order valence-electron chi connectivity index (χ3n) is 9.76. The van der Waals surface area contributed by atoms with E-state index in [0.29, 0.717) is 105 Å². The topological polar surface area (TPSA) is 210 Å². The maximum Gasteiger partial charge on any atom is 0.303 e. The Morgan fingerprint density at radius 1 is 0.730 bits per heavy atom. The standard InChI is InChI=1S/C47H61N5O11/c1-36-16-17-49-40(32-36)6-2-5-9-46(54)50-35-41(53)33-39(34-47(55)56)37-10-12-38(13-11-37)42-14-15-45(44-8-4-3-7-43(42)44)63-31-30-62-29-28-61-27-26-60-25-24-59-23-22-58-21-20-57-19-18-51-52-48/h3-4,7-8,10-17,32,39H,2,5-6,9,18-31,33-35H2,1H3,(H,50,54)(H,55,56)/t39-/m0/s1. The van der Waals surface area contributed by atoms with E-state index >= 15 is 0 Å². The average Bonchev–Trinajstić information content (AvgIpc) is 3.28. The number of aromatic nitrogens is 1. The van der Waals surface area contributed by atoms with Gasteiger partial charge in [-0.15, -0.1) is 0 Å². The Morgan fingerprint density at radius 2 is 1.33 bits per heavy atom. The van der Waals surface area contributed by atoms with Crippen LogP contribution in [0.5, 0.6) is 5.75 Å². The SMILES string of the molecule is Cc1ccnc(CCCCC(=O)NCC(=O)C[C@@H](CC(=O)O)c2ccc(-c3ccc(OCCOCCOCCOCCOCCOCCOCCN=[N+]=[N-])c4ccccc34)cc2)c1. The molecule has 0 aliphatic rings. The molecule has 0 aliphatic carbocycles. The molecule has 3 aromatic carbocycles. The zero-order valence-corrected chi connectivity index (χ0v) is 36.3. The summed E-state index contributed by atoms with van der Waals surface area (Å²) in [5.41, 5.74) is 13.0. The zero-order chi connectivity index (χ0) is 44.7. The number of hydrogen-bond acceptors (Lipinski definition) is 12. The molecule has 4 rings (SSSR count). The predicted molar refractivity (Wildman–Crippen MR) is 238 cm³/mol. The van der Waals surface area contributed by atoms with E-state index in [1.165, 1.54) is 0 Å². The van der Waals surface area contributed by atoms with E-state index in [2.05, 4.69) is 20.3 Å². The Bertz CT molecular complexity index is 2010. The summed E-state index contributed by atoms with van der Waals surface area (Å²) in [5.74, 6) is -1.21. The number of carbonyl (C=O) groups excluding carboxylic acids is 2. The number of unbranched alkanes of at least 4 members (excludes halogenated alkanes) is 1. The highest BCUT2D eigenvalue weighted by Crippen LogP contribution is 2.35. The molecule has 0 saturated carbocycles. The molecule has 0 unspecified atom stereocenters. The van der Waals surface area contributed by atoms with Crippen molar-refractivity contribution in [2.45, 2.75) is 51.4 Å². The van der Waals surface area contributed by atoms with Crippen LogP contribution < -0.4 is 10.1 Å². The van der Waals surface area contributed by atoms with Crippen LogP contribution in [0.1, 0.15) is 54.8 Å². The molecule has 0 saturated heterocycles. The molecule has 1 atom stereocenters. The van der Waals surface area contributed by atoms with Crippen molar-refractivity contribution in [1.29, 1.82) is 0 Å². The molecule has 1 aromatic heterocycles. The van der Waals surface area contributed by atoms with Gasteiger partial charge in [0.1, 0.15) is 12.4 Å². The van der Waals surface area contributed by atoms with Crippen molar-refractivity contribution in [2.24, 2.45) is 5.11 Å². The molecule has 340 valence electrons. The molecular formula is C47H61N5O11. The van der Waals surface area contributed by atoms with Gasteiger partial charge in [-0.25, -0.2) is 0 Å². The van der Waals surface area contributed by atoms with Gasteiger partial charge in [-0.2, -0.15) is 0 Å². The Labute approximate surface area is 369 Å². The van der Waals surface area contributed by atoms with Crippen LogP contribution in [0.3, 0.4) is 0 Å². The number of hydrogen-bond donors (Lipinski definition) is 2. The molecule has 16 heteroatoms. The van der Waals surface area contributed by atoms with Gasteiger partial charge in [0.25, 0.3) is 0 Å². The van der Waals surface area contributed by atoms with E-state index in [4.69, 9.17) is 38.7 Å². The lowest BCUT2D eigenvalue weighted by molar-refractivity contribution is -0.137. The maximum atomic E-state index is 12.9. The number of nitrogens with zero attached hydrogens (tertiary/aromatic N) is 4. The van der Waals surface area contributed by atoms with E-state index in [9.17, 15) is 19.5 Å². The monoisotopic (exact) mass is 871 g/mol. The number of amides is 1. The smallest absolute Gasteiger partial charge is 0.303 e. The van der Waals surface area contributed by atoms with Gasteiger partial charge in [-0.3, -0.25) is 19.4 Å². The van der Waals surface area contributed by atoms with Crippen molar-refractivity contribution in [3.63, 3.8) is 0 Å². The summed E-state index contributed by atoms with van der Waals surface area (Å²) in [6.45, 7) is 7.80. The van der Waals surface area contributed by atoms with E-state index < -0.39 is 11.9 Å². The third-order valence-corrected chi connectivity index (χ3v) is 9.76. The number of pyridine rings is 1. The molecule has 2 N–H and O–H groups in total. The molecule has 0 aliphatic heterocycles. The lowest BCUT2D eigenvalue weighted by atomic mass is 9.89. The molecule has 0 fully saturated rings. The number of Topliss-reactive ketones (excluding diaryl/α,β-unsaturated/α-hetero) is 1. The van der Waals surface area contributed by atoms with Crippen molar-refractivity contribution in [3.05, 3.63) is 106 Å². The summed E-state index contributed by atoms with van der Waals surface area (Å²) in [4.78, 5) is 44.2. The van der Waals surface area contributed by atoms with Gasteiger partial charge in [0.15, 0.2) is 5.78 Å². The second kappa shape index (κ2) is 30.6. The summed E-state index contributed by atoms with van der Waals surface area (Å²) in [6.07, 6.45) is 4.17. The zero-order valence-electron chi connectivity index (χ0n) is 36.3. The Balaban J connectivity index is 1.11. The third kappa shape index (κ3) is 20.5. The highest BCUT2D eigenvalue weighted by molar-refractivity contribution is 6.00. The number of ketones is 1. The Hall–Kier alpha value is -5.45. The largest absolute Gasteiger partial charge is 0.491 e. The Morgan fingerprint density at radius 3 is 1.94 bits per heavy atom. The maximum absolute atomic E-state index is 12.9. The second-order valence-corrected chi connectivity index (χ2v) is 14.6. The normalized spacial score (nSPS) is 11.6. The number of carboxylic acids is 1. The summed E-state index contributed by atoms with van der Waals surface area (Å²) in [7, 11) is 0. The van der Waals surface area contributed by atoms with Crippen molar-refractivity contribution in [3.8, 4) is 16.9 Å². The highest BCUT2D eigenvalue weighted by atomic mass is 16.6. The lowest BCUT2D eigenvalue weighted by Crippen LogP contribution is -2.30. The molecular weight excluding hydrogens is 811 g/mol. The molecule has 0 bridgehead atoms. The summed E-state index contributed by atoms with van der Waals surface area (Å²) < 4.78 is 39.0. The number of benzene rings is 3. The van der Waals surface area contributed by atoms with Gasteiger partial charge in [0.2, 0.25) is 5.91 Å². The number of rotatable bonds is 35. The minimum Gasteiger partial charge on any atom is -0.491 e. The van der Waals surface area contributed by atoms with Crippen molar-refractivity contribution < 1.29 is 52.6 Å². The molecule has 63 heavy (non-hydrogen) atoms. The minimum absolute atomic E-state index is 0.00361. The number of aliphatic carboxylic acids is 1. The number of ether oxygens (including phenoxy) is 7. The first-order valence-electron chi connectivity index (χ1n) is 21.5. The molecule has 4 aromatic rings. The van der Waals surface area contributed by atoms with Crippen LogP contribution >= 0.6 is 0 Å². The molecule has 0 spiro atoms. The van der Waals surface area contributed by atoms with Crippen LogP contribution in [0.15, 0.2) is 84.1 Å². The fraction of sp³-hybridized carbons (Fsp3) is 0.489. The minimum atomic E-state index is -0.996. The van der Waals surface area contributed by atoms with Crippen LogP contribution in [0.25, 0.3) is 32.3 Å². The van der Waals surface area contributed by atoms with Crippen LogP contribution in [-0.4, -0.2) is 127 Å². The first-order valence-corrected chi connectivity index (χ1v) is 21.5. The average molecular weight is 872 g/mol. The Kier molecular flexibility index (Phi) is 24.4. The first kappa shape index (κ1) is 50.2. The van der Waals surface area contributed by atoms with Crippen LogP contribution in [0, 0.1) is 6.92 Å². The molecule has 16 nitrogen and oxygen atoms in total. The van der Waals surface area contributed by atoms with Gasteiger partial charge in [0.05, 0.1) is 92.2 Å². The lowest BCUT2D eigenvalue weighted by Gasteiger charge is -2.17. The first-order chi connectivity index (χ1) is 30.8. The van der Waals surface area contributed by atoms with E-state index in [1.54, 1.807) is 6.20 Å². The number of azide groups is 1. The molecule has 0 radical (unpaired) electrons. The van der Waals surface area contributed by atoms with E-state index in [-0.39, 0.29) is 31.1 Å². The summed E-state index contributed by atoms with van der Waals surface area (Å²) >= 11 is 0. The highest BCUT2D eigenvalue weighted by Gasteiger charge is 2.20. The van der Waals surface area contributed by atoms with Gasteiger partial charge in [-0.1, -0.05) is 59.7 Å². The van der Waals surface area contributed by atoms with Gasteiger partial charge in [0, 0.05) is 47.5 Å². The number of carboxylic acid groups (broad SMARTS) is 1. The predicted octanol–water partition coefficient (Wildman–Crippen LogP) is 7.05. The molecule has 1 heterocycles. The van der Waals surface area contributed by atoms with Crippen molar-refractivity contribution in [1.82, 2.24) is 10.3 Å². The van der Waals surface area contributed by atoms with Gasteiger partial charge >= 0.3 is 5.97 Å². The van der Waals surface area contributed by atoms with Crippen LogP contribution in [0.2, 0.25) is 0 Å². The quantitative estimate of drug-likeness (QED) is 0.0206. The number of aryl methyl sites for hydroxylation is 2. The van der Waals surface area contributed by atoms with E-state index in [1.807, 2.05) is 79.7 Å². The number of carbonyl (C=O) groups is 3. The van der Waals surface area contributed by atoms with Crippen molar-refractivity contribution in [2.75, 3.05) is 99.0 Å². The fourth-order valence-corrected chi connectivity index (χ4v) is 6.62. The molecule has 1 amide bonds. The van der Waals surface area contributed by atoms with Crippen LogP contribution in [0.4, 0.5) is 0 Å². The van der Waals surface area contributed by atoms with E-state index in [0.717, 1.165) is 57.3 Å². The fourth-order valence-electron chi connectivity index (χ4n) is 6.62. The van der Waals surface area contributed by atoms with Gasteiger partial charge in [-0.05, 0) is 77.6 Å². The van der Waals surface area contributed by atoms with Gasteiger partial charge < -0.3 is 43.6 Å². The summed E-state index contributed by atoms with van der Waals surface area (Å²) in [5, 5.41) is 17.7. The number of fused-ring (bicyclic) bond motifs is 1. The van der Waals surface area contributed by atoms with Crippen LogP contribution in [-0.2, 0) is 49.2 Å².